The van der Waals surface area contributed by atoms with Gasteiger partial charge < -0.3 is 9.42 Å². The molecule has 0 atom stereocenters. The van der Waals surface area contributed by atoms with E-state index in [2.05, 4.69) is 14.8 Å². The number of hydrogen-bond acceptors (Lipinski definition) is 6. The average molecular weight is 422 g/mol. The first-order valence-corrected chi connectivity index (χ1v) is 11.1. The Morgan fingerprint density at radius 2 is 1.97 bits per heavy atom. The number of piperazine rings is 1. The van der Waals surface area contributed by atoms with Crippen LogP contribution in [0.25, 0.3) is 0 Å². The van der Waals surface area contributed by atoms with Gasteiger partial charge in [0.05, 0.1) is 5.69 Å². The van der Waals surface area contributed by atoms with Gasteiger partial charge in [-0.05, 0) is 38.0 Å². The quantitative estimate of drug-likeness (QED) is 0.758. The van der Waals surface area contributed by atoms with E-state index < -0.39 is 20.7 Å². The van der Waals surface area contributed by atoms with Crippen LogP contribution in [0.15, 0.2) is 33.7 Å². The number of aryl methyl sites for hydroxylation is 1. The minimum atomic E-state index is -3.98. The standard InChI is InChI=1S/C19H23FN4O4S/c1-13-10-16(21-28-13)12-23-6-8-24(9-7-23)19(25)14-2-5-17(20)18(11-14)29(26,27)22-15-3-4-15/h2,5,10-11,15,22H,3-4,6-9,12H2,1H3. The van der Waals surface area contributed by atoms with E-state index in [0.717, 1.165) is 36.4 Å². The molecule has 29 heavy (non-hydrogen) atoms. The SMILES string of the molecule is Cc1cc(CN2CCN(C(=O)c3ccc(F)c(S(=O)(=O)NC4CC4)c3)CC2)no1. The molecule has 0 radical (unpaired) electrons. The van der Waals surface area contributed by atoms with Crippen LogP contribution in [0.4, 0.5) is 4.39 Å². The van der Waals surface area contributed by atoms with Crippen molar-refractivity contribution in [3.05, 3.63) is 47.1 Å². The van der Waals surface area contributed by atoms with Crippen molar-refractivity contribution in [1.82, 2.24) is 19.7 Å². The van der Waals surface area contributed by atoms with E-state index in [0.29, 0.717) is 32.7 Å². The molecule has 10 heteroatoms. The lowest BCUT2D eigenvalue weighted by atomic mass is 10.1. The predicted molar refractivity (Wildman–Crippen MR) is 102 cm³/mol. The minimum absolute atomic E-state index is 0.139. The molecule has 1 aromatic heterocycles. The van der Waals surface area contributed by atoms with Gasteiger partial charge in [-0.25, -0.2) is 17.5 Å². The summed E-state index contributed by atoms with van der Waals surface area (Å²) in [4.78, 5) is 16.2. The zero-order chi connectivity index (χ0) is 20.6. The van der Waals surface area contributed by atoms with Crippen LogP contribution in [0, 0.1) is 12.7 Å². The second-order valence-electron chi connectivity index (χ2n) is 7.54. The summed E-state index contributed by atoms with van der Waals surface area (Å²) in [7, 11) is -3.98. The largest absolute Gasteiger partial charge is 0.361 e. The Bertz CT molecular complexity index is 1010. The van der Waals surface area contributed by atoms with Crippen molar-refractivity contribution in [3.63, 3.8) is 0 Å². The monoisotopic (exact) mass is 422 g/mol. The second kappa shape index (κ2) is 7.85. The number of rotatable bonds is 6. The fourth-order valence-electron chi connectivity index (χ4n) is 3.34. The van der Waals surface area contributed by atoms with E-state index in [1.807, 2.05) is 13.0 Å². The maximum Gasteiger partial charge on any atom is 0.253 e. The molecule has 156 valence electrons. The Hall–Kier alpha value is -2.30. The highest BCUT2D eigenvalue weighted by atomic mass is 32.2. The molecule has 2 heterocycles. The van der Waals surface area contributed by atoms with Gasteiger partial charge >= 0.3 is 0 Å². The molecule has 8 nitrogen and oxygen atoms in total. The minimum Gasteiger partial charge on any atom is -0.361 e. The van der Waals surface area contributed by atoms with Crippen LogP contribution in [0.5, 0.6) is 0 Å². The molecule has 0 unspecified atom stereocenters. The topological polar surface area (TPSA) is 95.8 Å². The molecular weight excluding hydrogens is 399 g/mol. The number of amides is 1. The van der Waals surface area contributed by atoms with Gasteiger partial charge in [-0.2, -0.15) is 0 Å². The zero-order valence-corrected chi connectivity index (χ0v) is 16.9. The van der Waals surface area contributed by atoms with Gasteiger partial charge in [0.15, 0.2) is 0 Å². The van der Waals surface area contributed by atoms with E-state index in [1.165, 1.54) is 6.07 Å². The third-order valence-corrected chi connectivity index (χ3v) is 6.62. The van der Waals surface area contributed by atoms with Crippen LogP contribution < -0.4 is 4.72 Å². The van der Waals surface area contributed by atoms with Crippen molar-refractivity contribution in [2.75, 3.05) is 26.2 Å². The molecule has 0 spiro atoms. The highest BCUT2D eigenvalue weighted by Crippen LogP contribution is 2.24. The fourth-order valence-corrected chi connectivity index (χ4v) is 4.75. The van der Waals surface area contributed by atoms with Crippen LogP contribution in [-0.4, -0.2) is 61.5 Å². The number of benzene rings is 1. The van der Waals surface area contributed by atoms with Crippen LogP contribution in [-0.2, 0) is 16.6 Å². The molecule has 1 aliphatic carbocycles. The number of aromatic nitrogens is 1. The van der Waals surface area contributed by atoms with Crippen LogP contribution in [0.3, 0.4) is 0 Å². The summed E-state index contributed by atoms with van der Waals surface area (Å²) in [6.07, 6.45) is 1.50. The van der Waals surface area contributed by atoms with E-state index in [1.54, 1.807) is 4.90 Å². The van der Waals surface area contributed by atoms with Crippen molar-refractivity contribution >= 4 is 15.9 Å². The second-order valence-corrected chi connectivity index (χ2v) is 9.22. The average Bonchev–Trinajstić information content (AvgIpc) is 3.40. The molecule has 2 aromatic rings. The van der Waals surface area contributed by atoms with Crippen molar-refractivity contribution in [2.24, 2.45) is 0 Å². The fraction of sp³-hybridized carbons (Fsp3) is 0.474. The van der Waals surface area contributed by atoms with E-state index >= 15 is 0 Å². The first-order chi connectivity index (χ1) is 13.8. The van der Waals surface area contributed by atoms with Crippen molar-refractivity contribution in [2.45, 2.75) is 37.2 Å². The van der Waals surface area contributed by atoms with Crippen molar-refractivity contribution in [1.29, 1.82) is 0 Å². The van der Waals surface area contributed by atoms with Crippen molar-refractivity contribution in [3.8, 4) is 0 Å². The molecule has 0 bridgehead atoms. The van der Waals surface area contributed by atoms with Crippen LogP contribution in [0.2, 0.25) is 0 Å². The first-order valence-electron chi connectivity index (χ1n) is 9.57. The smallest absolute Gasteiger partial charge is 0.253 e. The molecule has 1 saturated heterocycles. The number of halogens is 1. The highest BCUT2D eigenvalue weighted by molar-refractivity contribution is 7.89. The zero-order valence-electron chi connectivity index (χ0n) is 16.1. The lowest BCUT2D eigenvalue weighted by Gasteiger charge is -2.34. The number of carbonyl (C=O) groups excluding carboxylic acids is 1. The van der Waals surface area contributed by atoms with Gasteiger partial charge in [-0.3, -0.25) is 9.69 Å². The lowest BCUT2D eigenvalue weighted by molar-refractivity contribution is 0.0625. The normalized spacial score (nSPS) is 18.2. The summed E-state index contributed by atoms with van der Waals surface area (Å²) in [6, 6.07) is 5.25. The summed E-state index contributed by atoms with van der Waals surface area (Å²) >= 11 is 0. The summed E-state index contributed by atoms with van der Waals surface area (Å²) < 4.78 is 46.4. The molecule has 1 aromatic carbocycles. The molecule has 4 rings (SSSR count). The number of carbonyl (C=O) groups is 1. The molecule has 1 N–H and O–H groups in total. The van der Waals surface area contributed by atoms with Gasteiger partial charge in [0.1, 0.15) is 16.5 Å². The van der Waals surface area contributed by atoms with E-state index in [4.69, 9.17) is 4.52 Å². The van der Waals surface area contributed by atoms with Gasteiger partial charge in [-0.1, -0.05) is 5.16 Å². The predicted octanol–water partition coefficient (Wildman–Crippen LogP) is 1.52. The summed E-state index contributed by atoms with van der Waals surface area (Å²) in [5.41, 5.74) is 1.02. The third kappa shape index (κ3) is 4.65. The maximum atomic E-state index is 14.1. The van der Waals surface area contributed by atoms with Crippen molar-refractivity contribution < 1.29 is 22.1 Å². The first kappa shape index (κ1) is 20.0. The van der Waals surface area contributed by atoms with Crippen LogP contribution in [0.1, 0.15) is 34.7 Å². The number of nitrogens with zero attached hydrogens (tertiary/aromatic N) is 3. The summed E-state index contributed by atoms with van der Waals surface area (Å²) in [6.45, 7) is 4.79. The number of hydrogen-bond donors (Lipinski definition) is 1. The third-order valence-electron chi connectivity index (χ3n) is 5.09. The molecule has 1 saturated carbocycles. The van der Waals surface area contributed by atoms with Gasteiger partial charge in [-0.15, -0.1) is 0 Å². The van der Waals surface area contributed by atoms with E-state index in [9.17, 15) is 17.6 Å². The Morgan fingerprint density at radius 3 is 2.59 bits per heavy atom. The molecular formula is C19H23FN4O4S. The molecule has 1 amide bonds. The molecule has 1 aliphatic heterocycles. The maximum absolute atomic E-state index is 14.1. The molecule has 2 aliphatic rings. The highest BCUT2D eigenvalue weighted by Gasteiger charge is 2.31. The van der Waals surface area contributed by atoms with Gasteiger partial charge in [0.2, 0.25) is 10.0 Å². The Labute approximate surface area is 168 Å². The van der Waals surface area contributed by atoms with Gasteiger partial charge in [0.25, 0.3) is 5.91 Å². The van der Waals surface area contributed by atoms with Gasteiger partial charge in [0, 0.05) is 50.4 Å². The Morgan fingerprint density at radius 1 is 1.24 bits per heavy atom. The number of sulfonamides is 1. The Kier molecular flexibility index (Phi) is 5.41. The lowest BCUT2D eigenvalue weighted by Crippen LogP contribution is -2.48. The summed E-state index contributed by atoms with van der Waals surface area (Å²) in [5, 5.41) is 3.98. The number of nitrogens with one attached hydrogen (secondary N) is 1. The molecule has 2 fully saturated rings. The van der Waals surface area contributed by atoms with E-state index in [-0.39, 0.29) is 17.5 Å². The van der Waals surface area contributed by atoms with Crippen LogP contribution >= 0.6 is 0 Å². The Balaban J connectivity index is 1.41. The summed E-state index contributed by atoms with van der Waals surface area (Å²) in [5.74, 6) is -0.403.